The molecule has 1 aromatic heterocycles. The van der Waals surface area contributed by atoms with E-state index in [9.17, 15) is 13.2 Å². The zero-order valence-corrected chi connectivity index (χ0v) is 19.0. The van der Waals surface area contributed by atoms with Crippen LogP contribution in [-0.4, -0.2) is 31.8 Å². The fraction of sp³-hybridized carbons (Fsp3) is 0.190. The Hall–Kier alpha value is -2.95. The number of hydrogen-bond donors (Lipinski definition) is 1. The Bertz CT molecular complexity index is 1260. The van der Waals surface area contributed by atoms with Gasteiger partial charge in [-0.05, 0) is 36.4 Å². The van der Waals surface area contributed by atoms with Crippen LogP contribution in [0.2, 0.25) is 5.02 Å². The second-order valence-electron chi connectivity index (χ2n) is 6.72. The maximum atomic E-state index is 12.1. The molecule has 1 aliphatic rings. The third-order valence-corrected chi connectivity index (χ3v) is 6.93. The fourth-order valence-corrected chi connectivity index (χ4v) is 4.96. The highest BCUT2D eigenvalue weighted by Gasteiger charge is 2.29. The molecule has 0 amide bonds. The van der Waals surface area contributed by atoms with Gasteiger partial charge in [-0.1, -0.05) is 23.7 Å². The van der Waals surface area contributed by atoms with Gasteiger partial charge in [0.25, 0.3) is 10.0 Å². The minimum absolute atomic E-state index is 0.0179. The van der Waals surface area contributed by atoms with Crippen LogP contribution in [0.4, 0.5) is 0 Å². The van der Waals surface area contributed by atoms with E-state index >= 15 is 0 Å². The molecule has 3 aromatic rings. The number of aromatic nitrogens is 1. The van der Waals surface area contributed by atoms with Crippen LogP contribution in [0.1, 0.15) is 22.7 Å². The first-order valence-corrected chi connectivity index (χ1v) is 12.3. The predicted molar refractivity (Wildman–Crippen MR) is 120 cm³/mol. The third-order valence-electron chi connectivity index (χ3n) is 4.40. The molecular weight excluding hydrogens is 474 g/mol. The van der Waals surface area contributed by atoms with E-state index in [2.05, 4.69) is 14.7 Å². The van der Waals surface area contributed by atoms with Gasteiger partial charge in [0.1, 0.15) is 29.8 Å². The van der Waals surface area contributed by atoms with Gasteiger partial charge < -0.3 is 9.47 Å². The molecule has 0 fully saturated rings. The van der Waals surface area contributed by atoms with Crippen LogP contribution in [0.3, 0.4) is 0 Å². The second-order valence-corrected chi connectivity index (χ2v) is 9.75. The number of fused-ring (bicyclic) bond motifs is 1. The van der Waals surface area contributed by atoms with Crippen molar-refractivity contribution < 1.29 is 22.7 Å². The van der Waals surface area contributed by atoms with Crippen molar-refractivity contribution in [2.24, 2.45) is 4.99 Å². The summed E-state index contributed by atoms with van der Waals surface area (Å²) in [7, 11) is -3.59. The van der Waals surface area contributed by atoms with Gasteiger partial charge in [0, 0.05) is 16.0 Å². The van der Waals surface area contributed by atoms with Gasteiger partial charge in [-0.25, -0.2) is 13.4 Å². The quantitative estimate of drug-likeness (QED) is 0.483. The minimum Gasteiger partial charge on any atom is -0.486 e. The van der Waals surface area contributed by atoms with Crippen LogP contribution in [0, 0.1) is 0 Å². The molecular formula is C21H18ClN3O5S2. The number of thiazole rings is 1. The second kappa shape index (κ2) is 9.68. The van der Waals surface area contributed by atoms with Crippen LogP contribution in [0.5, 0.6) is 5.75 Å². The van der Waals surface area contributed by atoms with Crippen LogP contribution < -0.4 is 9.46 Å². The zero-order chi connectivity index (χ0) is 22.6. The Morgan fingerprint density at radius 2 is 1.91 bits per heavy atom. The van der Waals surface area contributed by atoms with Crippen molar-refractivity contribution in [1.29, 1.82) is 0 Å². The molecule has 2 heterocycles. The van der Waals surface area contributed by atoms with E-state index in [1.54, 1.807) is 47.8 Å². The number of nitrogens with zero attached hydrogens (tertiary/aromatic N) is 2. The summed E-state index contributed by atoms with van der Waals surface area (Å²) in [5.41, 5.74) is 1.12. The summed E-state index contributed by atoms with van der Waals surface area (Å²) < 4.78 is 37.4. The van der Waals surface area contributed by atoms with Gasteiger partial charge in [0.2, 0.25) is 0 Å². The van der Waals surface area contributed by atoms with Crippen molar-refractivity contribution in [2.75, 3.05) is 6.54 Å². The number of hydrogen-bond acceptors (Lipinski definition) is 8. The number of rotatable bonds is 8. The number of aliphatic imine (C=N–C) groups is 1. The maximum absolute atomic E-state index is 12.1. The lowest BCUT2D eigenvalue weighted by atomic mass is 10.2. The summed E-state index contributed by atoms with van der Waals surface area (Å²) in [5.74, 6) is 0.472. The van der Waals surface area contributed by atoms with Gasteiger partial charge in [0.05, 0.1) is 23.6 Å². The van der Waals surface area contributed by atoms with E-state index in [1.807, 2.05) is 0 Å². The molecule has 166 valence electrons. The first-order chi connectivity index (χ1) is 15.4. The van der Waals surface area contributed by atoms with Crippen molar-refractivity contribution >= 4 is 44.8 Å². The predicted octanol–water partition coefficient (Wildman–Crippen LogP) is 3.55. The SMILES string of the molecule is O=C(CCN=C1NS(=O)(=O)c2ccccc21)OCc1csc(COc2ccc(Cl)cc2)n1. The molecule has 2 aromatic carbocycles. The molecule has 0 saturated carbocycles. The molecule has 0 bridgehead atoms. The average Bonchev–Trinajstić information content (AvgIpc) is 3.34. The van der Waals surface area contributed by atoms with E-state index < -0.39 is 16.0 Å². The number of carbonyl (C=O) groups is 1. The van der Waals surface area contributed by atoms with Crippen molar-refractivity contribution in [3.8, 4) is 5.75 Å². The summed E-state index contributed by atoms with van der Waals surface area (Å²) in [4.78, 5) is 20.8. The number of sulfonamides is 1. The third kappa shape index (κ3) is 5.45. The molecule has 1 N–H and O–H groups in total. The highest BCUT2D eigenvalue weighted by Crippen LogP contribution is 2.22. The molecule has 0 atom stereocenters. The summed E-state index contributed by atoms with van der Waals surface area (Å²) in [6.45, 7) is 0.444. The number of amidine groups is 1. The van der Waals surface area contributed by atoms with E-state index in [0.717, 1.165) is 5.01 Å². The molecule has 1 aliphatic heterocycles. The first kappa shape index (κ1) is 22.3. The molecule has 8 nitrogen and oxygen atoms in total. The number of benzene rings is 2. The summed E-state index contributed by atoms with van der Waals surface area (Å²) >= 11 is 7.26. The number of nitrogens with one attached hydrogen (secondary N) is 1. The van der Waals surface area contributed by atoms with E-state index in [0.29, 0.717) is 28.6 Å². The van der Waals surface area contributed by atoms with Crippen LogP contribution in [0.15, 0.2) is 63.8 Å². The Morgan fingerprint density at radius 3 is 2.72 bits per heavy atom. The topological polar surface area (TPSA) is 107 Å². The first-order valence-electron chi connectivity index (χ1n) is 9.55. The molecule has 0 spiro atoms. The van der Waals surface area contributed by atoms with Crippen LogP contribution in [-0.2, 0) is 32.8 Å². The van der Waals surface area contributed by atoms with Crippen LogP contribution >= 0.6 is 22.9 Å². The maximum Gasteiger partial charge on any atom is 0.308 e. The summed E-state index contributed by atoms with van der Waals surface area (Å²) in [5, 5.41) is 3.19. The van der Waals surface area contributed by atoms with Crippen molar-refractivity contribution in [3.63, 3.8) is 0 Å². The van der Waals surface area contributed by atoms with E-state index in [4.69, 9.17) is 21.1 Å². The molecule has 11 heteroatoms. The normalized spacial score (nSPS) is 15.2. The molecule has 0 unspecified atom stereocenters. The van der Waals surface area contributed by atoms with Gasteiger partial charge in [-0.3, -0.25) is 14.5 Å². The number of esters is 1. The average molecular weight is 492 g/mol. The lowest BCUT2D eigenvalue weighted by Crippen LogP contribution is -2.22. The molecule has 32 heavy (non-hydrogen) atoms. The van der Waals surface area contributed by atoms with Crippen molar-refractivity contribution in [3.05, 3.63) is 75.2 Å². The molecule has 0 radical (unpaired) electrons. The lowest BCUT2D eigenvalue weighted by molar-refractivity contribution is -0.144. The smallest absolute Gasteiger partial charge is 0.308 e. The highest BCUT2D eigenvalue weighted by molar-refractivity contribution is 7.90. The summed E-state index contributed by atoms with van der Waals surface area (Å²) in [6.07, 6.45) is 0.0179. The van der Waals surface area contributed by atoms with E-state index in [-0.39, 0.29) is 30.3 Å². The molecule has 0 aliphatic carbocycles. The number of ether oxygens (including phenoxy) is 2. The largest absolute Gasteiger partial charge is 0.486 e. The Morgan fingerprint density at radius 1 is 1.12 bits per heavy atom. The van der Waals surface area contributed by atoms with Crippen LogP contribution in [0.25, 0.3) is 0 Å². The Kier molecular flexibility index (Phi) is 6.73. The molecule has 4 rings (SSSR count). The van der Waals surface area contributed by atoms with Crippen molar-refractivity contribution in [2.45, 2.75) is 24.5 Å². The zero-order valence-electron chi connectivity index (χ0n) is 16.7. The standard InChI is InChI=1S/C21H18ClN3O5S2/c22-14-5-7-16(8-6-14)29-12-19-24-15(13-31-19)11-30-20(26)9-10-23-21-17-3-1-2-4-18(17)32(27,28)25-21/h1-8,13H,9-12H2,(H,23,25). The van der Waals surface area contributed by atoms with Gasteiger partial charge in [-0.2, -0.15) is 0 Å². The summed E-state index contributed by atoms with van der Waals surface area (Å²) in [6, 6.07) is 13.6. The lowest BCUT2D eigenvalue weighted by Gasteiger charge is -2.04. The van der Waals surface area contributed by atoms with Gasteiger partial charge >= 0.3 is 5.97 Å². The monoisotopic (exact) mass is 491 g/mol. The van der Waals surface area contributed by atoms with Gasteiger partial charge in [0.15, 0.2) is 0 Å². The fourth-order valence-electron chi connectivity index (χ4n) is 2.89. The van der Waals surface area contributed by atoms with E-state index in [1.165, 1.54) is 17.4 Å². The Balaban J connectivity index is 1.23. The highest BCUT2D eigenvalue weighted by atomic mass is 35.5. The number of halogens is 1. The minimum atomic E-state index is -3.59. The van der Waals surface area contributed by atoms with Gasteiger partial charge in [-0.15, -0.1) is 11.3 Å². The Labute approximate surface area is 193 Å². The number of carbonyl (C=O) groups excluding carboxylic acids is 1. The van der Waals surface area contributed by atoms with Crippen molar-refractivity contribution in [1.82, 2.24) is 9.71 Å². The molecule has 0 saturated heterocycles.